The summed E-state index contributed by atoms with van der Waals surface area (Å²) < 4.78 is 0. The van der Waals surface area contributed by atoms with Crippen molar-refractivity contribution >= 4 is 5.97 Å². The van der Waals surface area contributed by atoms with E-state index in [2.05, 4.69) is 25.7 Å². The molecule has 0 radical (unpaired) electrons. The lowest BCUT2D eigenvalue weighted by Gasteiger charge is -2.29. The van der Waals surface area contributed by atoms with Crippen molar-refractivity contribution in [1.29, 1.82) is 0 Å². The number of nitrogens with zero attached hydrogens (tertiary/aromatic N) is 1. The largest absolute Gasteiger partial charge is 0.478 e. The molecule has 0 aromatic heterocycles. The minimum absolute atomic E-state index is 0.392. The van der Waals surface area contributed by atoms with E-state index in [9.17, 15) is 4.79 Å². The molecule has 3 nitrogen and oxygen atoms in total. The van der Waals surface area contributed by atoms with Gasteiger partial charge in [-0.15, -0.1) is 0 Å². The first-order valence-corrected chi connectivity index (χ1v) is 6.93. The van der Waals surface area contributed by atoms with Crippen molar-refractivity contribution in [3.8, 4) is 0 Å². The normalized spacial score (nSPS) is 23.8. The molecule has 0 saturated carbocycles. The number of carbonyl (C=O) groups is 1. The lowest BCUT2D eigenvalue weighted by atomic mass is 9.77. The number of hydrogen-bond acceptors (Lipinski definition) is 2. The monoisotopic (exact) mass is 253 g/mol. The SMILES string of the molecule is CC(=CCN1CCCC(C(C)(C)C)CC1)C(=O)O. The Morgan fingerprint density at radius 3 is 2.56 bits per heavy atom. The zero-order chi connectivity index (χ0) is 13.8. The van der Waals surface area contributed by atoms with E-state index in [4.69, 9.17) is 5.11 Å². The Kier molecular flexibility index (Phi) is 5.39. The van der Waals surface area contributed by atoms with Gasteiger partial charge >= 0.3 is 5.97 Å². The topological polar surface area (TPSA) is 40.5 Å². The van der Waals surface area contributed by atoms with E-state index in [0.717, 1.165) is 25.6 Å². The number of likely N-dealkylation sites (tertiary alicyclic amines) is 1. The van der Waals surface area contributed by atoms with Gasteiger partial charge < -0.3 is 5.11 Å². The summed E-state index contributed by atoms with van der Waals surface area (Å²) in [6, 6.07) is 0. The molecule has 0 amide bonds. The minimum atomic E-state index is -0.808. The Hall–Kier alpha value is -0.830. The van der Waals surface area contributed by atoms with Crippen molar-refractivity contribution in [3.63, 3.8) is 0 Å². The van der Waals surface area contributed by atoms with E-state index >= 15 is 0 Å². The molecule has 1 heterocycles. The van der Waals surface area contributed by atoms with E-state index in [1.807, 2.05) is 6.08 Å². The Labute approximate surface area is 111 Å². The molecule has 104 valence electrons. The van der Waals surface area contributed by atoms with Crippen LogP contribution in [-0.4, -0.2) is 35.6 Å². The van der Waals surface area contributed by atoms with Crippen molar-refractivity contribution in [3.05, 3.63) is 11.6 Å². The van der Waals surface area contributed by atoms with Crippen LogP contribution in [0.2, 0.25) is 0 Å². The first kappa shape index (κ1) is 15.2. The molecule has 0 aliphatic carbocycles. The van der Waals surface area contributed by atoms with Crippen LogP contribution in [-0.2, 0) is 4.79 Å². The molecular weight excluding hydrogens is 226 g/mol. The molecule has 1 aliphatic rings. The second-order valence-corrected chi connectivity index (χ2v) is 6.49. The summed E-state index contributed by atoms with van der Waals surface area (Å²) in [5.74, 6) is -0.0237. The summed E-state index contributed by atoms with van der Waals surface area (Å²) in [6.07, 6.45) is 5.58. The maximum Gasteiger partial charge on any atom is 0.330 e. The average molecular weight is 253 g/mol. The fraction of sp³-hybridized carbons (Fsp3) is 0.800. The van der Waals surface area contributed by atoms with Crippen molar-refractivity contribution in [2.24, 2.45) is 11.3 Å². The molecular formula is C15H27NO2. The minimum Gasteiger partial charge on any atom is -0.478 e. The molecule has 3 heteroatoms. The lowest BCUT2D eigenvalue weighted by molar-refractivity contribution is -0.132. The third-order valence-electron chi connectivity index (χ3n) is 4.04. The molecule has 0 bridgehead atoms. The number of carboxylic acids is 1. The molecule has 1 fully saturated rings. The van der Waals surface area contributed by atoms with Crippen LogP contribution in [0, 0.1) is 11.3 Å². The molecule has 1 atom stereocenters. The van der Waals surface area contributed by atoms with E-state index in [1.54, 1.807) is 6.92 Å². The van der Waals surface area contributed by atoms with Gasteiger partial charge in [-0.25, -0.2) is 4.79 Å². The molecule has 0 spiro atoms. The molecule has 0 aromatic rings. The van der Waals surface area contributed by atoms with Crippen LogP contribution < -0.4 is 0 Å². The summed E-state index contributed by atoms with van der Waals surface area (Å²) in [7, 11) is 0. The van der Waals surface area contributed by atoms with Crippen molar-refractivity contribution in [2.45, 2.75) is 47.0 Å². The van der Waals surface area contributed by atoms with E-state index in [1.165, 1.54) is 19.3 Å². The van der Waals surface area contributed by atoms with Crippen LogP contribution >= 0.6 is 0 Å². The maximum absolute atomic E-state index is 10.7. The summed E-state index contributed by atoms with van der Waals surface area (Å²) in [5.41, 5.74) is 0.842. The van der Waals surface area contributed by atoms with Gasteiger partial charge in [0, 0.05) is 12.1 Å². The molecule has 1 aliphatic heterocycles. The molecule has 1 N–H and O–H groups in total. The van der Waals surface area contributed by atoms with Crippen LogP contribution in [0.25, 0.3) is 0 Å². The van der Waals surface area contributed by atoms with Crippen LogP contribution in [0.15, 0.2) is 11.6 Å². The predicted molar refractivity (Wildman–Crippen MR) is 74.6 cm³/mol. The Morgan fingerprint density at radius 2 is 2.00 bits per heavy atom. The Morgan fingerprint density at radius 1 is 1.33 bits per heavy atom. The molecule has 1 saturated heterocycles. The summed E-state index contributed by atoms with van der Waals surface area (Å²) in [4.78, 5) is 13.1. The average Bonchev–Trinajstić information content (AvgIpc) is 2.50. The highest BCUT2D eigenvalue weighted by Crippen LogP contribution is 2.34. The predicted octanol–water partition coefficient (Wildman–Crippen LogP) is 3.17. The summed E-state index contributed by atoms with van der Waals surface area (Å²) in [5, 5.41) is 8.83. The van der Waals surface area contributed by atoms with E-state index < -0.39 is 5.97 Å². The zero-order valence-electron chi connectivity index (χ0n) is 12.2. The van der Waals surface area contributed by atoms with Gasteiger partial charge in [0.25, 0.3) is 0 Å². The van der Waals surface area contributed by atoms with Crippen molar-refractivity contribution in [2.75, 3.05) is 19.6 Å². The molecule has 1 rings (SSSR count). The highest BCUT2D eigenvalue weighted by Gasteiger charge is 2.26. The third-order valence-corrected chi connectivity index (χ3v) is 4.04. The highest BCUT2D eigenvalue weighted by molar-refractivity contribution is 5.85. The number of carboxylic acid groups (broad SMARTS) is 1. The highest BCUT2D eigenvalue weighted by atomic mass is 16.4. The maximum atomic E-state index is 10.7. The smallest absolute Gasteiger partial charge is 0.330 e. The van der Waals surface area contributed by atoms with Crippen LogP contribution in [0.3, 0.4) is 0 Å². The van der Waals surface area contributed by atoms with Gasteiger partial charge in [0.05, 0.1) is 0 Å². The zero-order valence-corrected chi connectivity index (χ0v) is 12.2. The van der Waals surface area contributed by atoms with E-state index in [0.29, 0.717) is 11.0 Å². The van der Waals surface area contributed by atoms with Gasteiger partial charge in [0.15, 0.2) is 0 Å². The van der Waals surface area contributed by atoms with Gasteiger partial charge in [-0.3, -0.25) is 4.90 Å². The van der Waals surface area contributed by atoms with Crippen LogP contribution in [0.5, 0.6) is 0 Å². The fourth-order valence-electron chi connectivity index (χ4n) is 2.56. The van der Waals surface area contributed by atoms with Crippen molar-refractivity contribution in [1.82, 2.24) is 4.90 Å². The molecule has 18 heavy (non-hydrogen) atoms. The molecule has 1 unspecified atom stereocenters. The molecule has 0 aromatic carbocycles. The number of hydrogen-bond donors (Lipinski definition) is 1. The quantitative estimate of drug-likeness (QED) is 0.785. The summed E-state index contributed by atoms with van der Waals surface area (Å²) >= 11 is 0. The lowest BCUT2D eigenvalue weighted by Crippen LogP contribution is -2.26. The second kappa shape index (κ2) is 6.37. The second-order valence-electron chi connectivity index (χ2n) is 6.49. The van der Waals surface area contributed by atoms with E-state index in [-0.39, 0.29) is 0 Å². The number of rotatable bonds is 3. The van der Waals surface area contributed by atoms with Gasteiger partial charge in [-0.2, -0.15) is 0 Å². The first-order valence-electron chi connectivity index (χ1n) is 6.93. The summed E-state index contributed by atoms with van der Waals surface area (Å²) in [6.45, 7) is 11.6. The van der Waals surface area contributed by atoms with Gasteiger partial charge in [-0.1, -0.05) is 26.8 Å². The number of aliphatic carboxylic acids is 1. The van der Waals surface area contributed by atoms with Gasteiger partial charge in [0.2, 0.25) is 0 Å². The van der Waals surface area contributed by atoms with Gasteiger partial charge in [0.1, 0.15) is 0 Å². The van der Waals surface area contributed by atoms with Crippen molar-refractivity contribution < 1.29 is 9.90 Å². The van der Waals surface area contributed by atoms with Crippen LogP contribution in [0.4, 0.5) is 0 Å². The fourth-order valence-corrected chi connectivity index (χ4v) is 2.56. The van der Waals surface area contributed by atoms with Crippen LogP contribution in [0.1, 0.15) is 47.0 Å². The Balaban J connectivity index is 2.48. The van der Waals surface area contributed by atoms with Gasteiger partial charge in [-0.05, 0) is 50.6 Å². The Bertz CT molecular complexity index is 315. The first-order chi connectivity index (χ1) is 8.30. The third kappa shape index (κ3) is 4.81. The standard InChI is InChI=1S/C15H27NO2/c1-12(14(17)18)7-10-16-9-5-6-13(8-11-16)15(2,3)4/h7,13H,5-6,8-11H2,1-4H3,(H,17,18).